The predicted octanol–water partition coefficient (Wildman–Crippen LogP) is 0.935. The second-order valence-electron chi connectivity index (χ2n) is 5.00. The molecule has 0 spiro atoms. The van der Waals surface area contributed by atoms with E-state index in [9.17, 15) is 18.8 Å². The molecular formula is C15H15FN4O5. The third-order valence-corrected chi connectivity index (χ3v) is 3.04. The molecule has 0 fully saturated rings. The van der Waals surface area contributed by atoms with Gasteiger partial charge < -0.3 is 15.0 Å². The summed E-state index contributed by atoms with van der Waals surface area (Å²) >= 11 is 0. The van der Waals surface area contributed by atoms with Crippen molar-refractivity contribution in [3.63, 3.8) is 0 Å². The van der Waals surface area contributed by atoms with Crippen LogP contribution < -0.4 is 11.1 Å². The van der Waals surface area contributed by atoms with Crippen LogP contribution in [0.2, 0.25) is 0 Å². The van der Waals surface area contributed by atoms with Gasteiger partial charge in [0.2, 0.25) is 11.7 Å². The SMILES string of the molecule is CC(OC(=O)CCc1nc(-c2ccc(F)cc2)no1)C(=O)NC(N)=O. The normalized spacial score (nSPS) is 11.6. The molecule has 0 aliphatic carbocycles. The minimum Gasteiger partial charge on any atom is -0.453 e. The molecule has 10 heteroatoms. The Kier molecular flexibility index (Phi) is 5.77. The van der Waals surface area contributed by atoms with Gasteiger partial charge in [-0.1, -0.05) is 5.16 Å². The second-order valence-corrected chi connectivity index (χ2v) is 5.00. The first-order chi connectivity index (χ1) is 11.8. The number of ether oxygens (including phenoxy) is 1. The van der Waals surface area contributed by atoms with Gasteiger partial charge in [-0.15, -0.1) is 0 Å². The summed E-state index contributed by atoms with van der Waals surface area (Å²) in [6.07, 6.45) is -1.19. The van der Waals surface area contributed by atoms with Crippen LogP contribution in [0.15, 0.2) is 28.8 Å². The first-order valence-electron chi connectivity index (χ1n) is 7.23. The first kappa shape index (κ1) is 18.0. The van der Waals surface area contributed by atoms with Crippen LogP contribution in [0.4, 0.5) is 9.18 Å². The average molecular weight is 350 g/mol. The Morgan fingerprint density at radius 2 is 2.00 bits per heavy atom. The lowest BCUT2D eigenvalue weighted by Gasteiger charge is -2.11. The zero-order chi connectivity index (χ0) is 18.4. The van der Waals surface area contributed by atoms with Gasteiger partial charge in [0.1, 0.15) is 5.82 Å². The summed E-state index contributed by atoms with van der Waals surface area (Å²) in [7, 11) is 0. The van der Waals surface area contributed by atoms with Crippen LogP contribution in [0, 0.1) is 5.82 Å². The fourth-order valence-electron chi connectivity index (χ4n) is 1.81. The van der Waals surface area contributed by atoms with Crippen molar-refractivity contribution in [1.82, 2.24) is 15.5 Å². The third kappa shape index (κ3) is 5.37. The second kappa shape index (κ2) is 7.99. The molecule has 25 heavy (non-hydrogen) atoms. The lowest BCUT2D eigenvalue weighted by molar-refractivity contribution is -0.154. The molecule has 0 bridgehead atoms. The van der Waals surface area contributed by atoms with Gasteiger partial charge in [0.15, 0.2) is 6.10 Å². The third-order valence-electron chi connectivity index (χ3n) is 3.04. The van der Waals surface area contributed by atoms with Gasteiger partial charge in [0.05, 0.1) is 6.42 Å². The summed E-state index contributed by atoms with van der Waals surface area (Å²) in [5, 5.41) is 5.54. The molecule has 2 rings (SSSR count). The van der Waals surface area contributed by atoms with E-state index in [0.29, 0.717) is 5.56 Å². The summed E-state index contributed by atoms with van der Waals surface area (Å²) in [5.74, 6) is -1.45. The molecule has 9 nitrogen and oxygen atoms in total. The van der Waals surface area contributed by atoms with E-state index in [-0.39, 0.29) is 30.4 Å². The molecule has 0 aliphatic heterocycles. The number of esters is 1. The smallest absolute Gasteiger partial charge is 0.318 e. The van der Waals surface area contributed by atoms with Gasteiger partial charge in [-0.25, -0.2) is 9.18 Å². The summed E-state index contributed by atoms with van der Waals surface area (Å²) in [5.41, 5.74) is 5.36. The number of nitrogens with zero attached hydrogens (tertiary/aromatic N) is 2. The van der Waals surface area contributed by atoms with E-state index in [0.717, 1.165) is 0 Å². The Labute approximate surface area is 141 Å². The van der Waals surface area contributed by atoms with Gasteiger partial charge in [0.25, 0.3) is 5.91 Å². The van der Waals surface area contributed by atoms with Gasteiger partial charge in [-0.2, -0.15) is 4.98 Å². The Hall–Kier alpha value is -3.30. The van der Waals surface area contributed by atoms with Crippen molar-refractivity contribution in [2.45, 2.75) is 25.9 Å². The number of aryl methyl sites for hydroxylation is 1. The molecule has 1 atom stereocenters. The molecule has 132 valence electrons. The molecule has 1 heterocycles. The van der Waals surface area contributed by atoms with Crippen LogP contribution in [0.5, 0.6) is 0 Å². The Balaban J connectivity index is 1.85. The van der Waals surface area contributed by atoms with Crippen molar-refractivity contribution in [2.75, 3.05) is 0 Å². The quantitative estimate of drug-likeness (QED) is 0.739. The molecule has 0 saturated carbocycles. The summed E-state index contributed by atoms with van der Waals surface area (Å²) < 4.78 is 22.7. The zero-order valence-electron chi connectivity index (χ0n) is 13.2. The lowest BCUT2D eigenvalue weighted by atomic mass is 10.2. The number of nitrogens with two attached hydrogens (primary N) is 1. The number of hydrogen-bond donors (Lipinski definition) is 2. The van der Waals surface area contributed by atoms with E-state index < -0.39 is 24.0 Å². The van der Waals surface area contributed by atoms with Crippen LogP contribution in [-0.2, 0) is 20.7 Å². The number of carbonyl (C=O) groups excluding carboxylic acids is 3. The highest BCUT2D eigenvalue weighted by Gasteiger charge is 2.19. The molecule has 2 aromatic rings. The number of halogens is 1. The lowest BCUT2D eigenvalue weighted by Crippen LogP contribution is -2.42. The van der Waals surface area contributed by atoms with Crippen LogP contribution in [-0.4, -0.2) is 34.2 Å². The minimum atomic E-state index is -1.17. The molecule has 1 unspecified atom stereocenters. The number of rotatable bonds is 6. The van der Waals surface area contributed by atoms with Crippen molar-refractivity contribution >= 4 is 17.9 Å². The summed E-state index contributed by atoms with van der Waals surface area (Å²) in [6.45, 7) is 1.30. The monoisotopic (exact) mass is 350 g/mol. The van der Waals surface area contributed by atoms with Gasteiger partial charge in [-0.05, 0) is 31.2 Å². The van der Waals surface area contributed by atoms with E-state index in [1.807, 2.05) is 0 Å². The fraction of sp³-hybridized carbons (Fsp3) is 0.267. The number of hydrogen-bond acceptors (Lipinski definition) is 7. The van der Waals surface area contributed by atoms with E-state index >= 15 is 0 Å². The predicted molar refractivity (Wildman–Crippen MR) is 81.3 cm³/mol. The summed E-state index contributed by atoms with van der Waals surface area (Å²) in [6, 6.07) is 4.49. The maximum Gasteiger partial charge on any atom is 0.318 e. The molecule has 3 N–H and O–H groups in total. The number of urea groups is 1. The Morgan fingerprint density at radius 1 is 1.32 bits per heavy atom. The maximum atomic E-state index is 12.9. The number of amides is 3. The highest BCUT2D eigenvalue weighted by molar-refractivity contribution is 5.96. The highest BCUT2D eigenvalue weighted by atomic mass is 19.1. The molecule has 3 amide bonds. The zero-order valence-corrected chi connectivity index (χ0v) is 13.2. The minimum absolute atomic E-state index is 0.0944. The number of nitrogens with one attached hydrogen (secondary N) is 1. The number of benzene rings is 1. The van der Waals surface area contributed by atoms with Crippen molar-refractivity contribution in [2.24, 2.45) is 5.73 Å². The van der Waals surface area contributed by atoms with Crippen LogP contribution in [0.25, 0.3) is 11.4 Å². The molecule has 0 radical (unpaired) electrons. The van der Waals surface area contributed by atoms with Crippen LogP contribution in [0.1, 0.15) is 19.2 Å². The highest BCUT2D eigenvalue weighted by Crippen LogP contribution is 2.16. The Morgan fingerprint density at radius 3 is 2.64 bits per heavy atom. The fourth-order valence-corrected chi connectivity index (χ4v) is 1.81. The molecule has 1 aromatic heterocycles. The number of carbonyl (C=O) groups is 3. The topological polar surface area (TPSA) is 137 Å². The molecule has 0 saturated heterocycles. The molecule has 1 aromatic carbocycles. The summed E-state index contributed by atoms with van der Waals surface area (Å²) in [4.78, 5) is 37.7. The number of primary amides is 1. The Bertz CT molecular complexity index is 774. The standard InChI is InChI=1S/C15H15FN4O5/c1-8(14(22)19-15(17)23)24-12(21)7-6-11-18-13(20-25-11)9-2-4-10(16)5-3-9/h2-5,8H,6-7H2,1H3,(H3,17,19,22,23). The number of imide groups is 1. The van der Waals surface area contributed by atoms with E-state index in [1.54, 1.807) is 5.32 Å². The first-order valence-corrected chi connectivity index (χ1v) is 7.23. The number of aromatic nitrogens is 2. The van der Waals surface area contributed by atoms with E-state index in [1.165, 1.54) is 31.2 Å². The van der Waals surface area contributed by atoms with E-state index in [2.05, 4.69) is 10.1 Å². The van der Waals surface area contributed by atoms with Crippen molar-refractivity contribution in [3.05, 3.63) is 36.0 Å². The van der Waals surface area contributed by atoms with Crippen LogP contribution in [0.3, 0.4) is 0 Å². The van der Waals surface area contributed by atoms with Crippen molar-refractivity contribution < 1.29 is 28.0 Å². The molecule has 0 aliphatic rings. The van der Waals surface area contributed by atoms with Crippen molar-refractivity contribution in [3.8, 4) is 11.4 Å². The van der Waals surface area contributed by atoms with Gasteiger partial charge in [-0.3, -0.25) is 14.9 Å². The largest absolute Gasteiger partial charge is 0.453 e. The maximum absolute atomic E-state index is 12.9. The van der Waals surface area contributed by atoms with Gasteiger partial charge >= 0.3 is 12.0 Å². The average Bonchev–Trinajstić information content (AvgIpc) is 3.02. The van der Waals surface area contributed by atoms with Crippen LogP contribution >= 0.6 is 0 Å². The van der Waals surface area contributed by atoms with Gasteiger partial charge in [0, 0.05) is 12.0 Å². The van der Waals surface area contributed by atoms with E-state index in [4.69, 9.17) is 15.0 Å². The molecular weight excluding hydrogens is 335 g/mol. The van der Waals surface area contributed by atoms with Crippen molar-refractivity contribution in [1.29, 1.82) is 0 Å².